The van der Waals surface area contributed by atoms with E-state index in [0.717, 1.165) is 50.1 Å². The summed E-state index contributed by atoms with van der Waals surface area (Å²) in [6.45, 7) is 7.59. The number of aromatic nitrogens is 2. The quantitative estimate of drug-likeness (QED) is 0.795. The van der Waals surface area contributed by atoms with Crippen molar-refractivity contribution < 1.29 is 9.84 Å². The van der Waals surface area contributed by atoms with E-state index in [9.17, 15) is 5.11 Å². The molecule has 2 aliphatic rings. The number of hydrogen-bond acceptors (Lipinski definition) is 4. The van der Waals surface area contributed by atoms with Crippen molar-refractivity contribution in [1.82, 2.24) is 14.7 Å². The fourth-order valence-electron chi connectivity index (χ4n) is 4.85. The van der Waals surface area contributed by atoms with Gasteiger partial charge in [-0.05, 0) is 50.3 Å². The van der Waals surface area contributed by atoms with Crippen molar-refractivity contribution in [3.63, 3.8) is 0 Å². The second-order valence-electron chi connectivity index (χ2n) is 7.95. The van der Waals surface area contributed by atoms with E-state index in [0.29, 0.717) is 12.1 Å². The summed E-state index contributed by atoms with van der Waals surface area (Å²) in [5, 5.41) is 15.9. The van der Waals surface area contributed by atoms with Gasteiger partial charge in [-0.3, -0.25) is 9.58 Å². The number of aliphatic hydroxyl groups is 1. The lowest BCUT2D eigenvalue weighted by Gasteiger charge is -2.44. The Morgan fingerprint density at radius 3 is 2.52 bits per heavy atom. The highest BCUT2D eigenvalue weighted by atomic mass is 16.5. The largest absolute Gasteiger partial charge is 0.497 e. The molecule has 0 amide bonds. The Bertz CT molecular complexity index is 797. The summed E-state index contributed by atoms with van der Waals surface area (Å²) in [4.78, 5) is 2.58. The van der Waals surface area contributed by atoms with Crippen molar-refractivity contribution in [2.75, 3.05) is 7.11 Å². The first kappa shape index (κ1) is 18.3. The van der Waals surface area contributed by atoms with E-state index in [-0.39, 0.29) is 0 Å². The number of fused-ring (bicyclic) bond motifs is 2. The fourth-order valence-corrected chi connectivity index (χ4v) is 4.85. The summed E-state index contributed by atoms with van der Waals surface area (Å²) < 4.78 is 7.26. The molecule has 2 aliphatic heterocycles. The predicted octanol–water partition coefficient (Wildman–Crippen LogP) is 3.40. The van der Waals surface area contributed by atoms with E-state index >= 15 is 0 Å². The Balaban J connectivity index is 1.51. The lowest BCUT2D eigenvalue weighted by atomic mass is 9.80. The molecule has 3 heterocycles. The van der Waals surface area contributed by atoms with Crippen molar-refractivity contribution in [2.45, 2.75) is 63.4 Å². The third kappa shape index (κ3) is 3.30. The molecule has 2 fully saturated rings. The Morgan fingerprint density at radius 2 is 1.93 bits per heavy atom. The lowest BCUT2D eigenvalue weighted by Crippen LogP contribution is -2.49. The molecule has 0 spiro atoms. The normalized spacial score (nSPS) is 27.7. The molecular weight excluding hydrogens is 338 g/mol. The molecule has 0 radical (unpaired) electrons. The number of piperidine rings is 1. The average molecular weight is 367 g/mol. The monoisotopic (exact) mass is 367 g/mol. The molecule has 5 nitrogen and oxygen atoms in total. The predicted molar refractivity (Wildman–Crippen MR) is 106 cm³/mol. The number of methoxy groups -OCH3 is 1. The van der Waals surface area contributed by atoms with Gasteiger partial charge in [-0.25, -0.2) is 0 Å². The average Bonchev–Trinajstić information content (AvgIpc) is 3.13. The van der Waals surface area contributed by atoms with Gasteiger partial charge in [-0.15, -0.1) is 6.58 Å². The van der Waals surface area contributed by atoms with Crippen LogP contribution in [0.2, 0.25) is 0 Å². The molecule has 2 saturated heterocycles. The van der Waals surface area contributed by atoms with Crippen LogP contribution in [0, 0.1) is 6.92 Å². The summed E-state index contributed by atoms with van der Waals surface area (Å²) >= 11 is 0. The molecule has 0 saturated carbocycles. The van der Waals surface area contributed by atoms with E-state index < -0.39 is 5.60 Å². The van der Waals surface area contributed by atoms with E-state index in [1.807, 2.05) is 41.2 Å². The number of nitrogens with zero attached hydrogens (tertiary/aromatic N) is 3. The molecule has 5 heteroatoms. The zero-order chi connectivity index (χ0) is 19.0. The fraction of sp³-hybridized carbons (Fsp3) is 0.500. The zero-order valence-electron chi connectivity index (χ0n) is 16.3. The molecule has 1 N–H and O–H groups in total. The van der Waals surface area contributed by atoms with Crippen LogP contribution >= 0.6 is 0 Å². The highest BCUT2D eigenvalue weighted by molar-refractivity contribution is 5.32. The van der Waals surface area contributed by atoms with Gasteiger partial charge < -0.3 is 9.84 Å². The second-order valence-corrected chi connectivity index (χ2v) is 7.95. The van der Waals surface area contributed by atoms with Crippen LogP contribution in [0.3, 0.4) is 0 Å². The topological polar surface area (TPSA) is 50.5 Å². The van der Waals surface area contributed by atoms with Gasteiger partial charge in [0.2, 0.25) is 0 Å². The molecular formula is C22H29N3O2. The van der Waals surface area contributed by atoms with E-state index in [2.05, 4.69) is 23.5 Å². The Morgan fingerprint density at radius 1 is 1.26 bits per heavy atom. The number of hydrogen-bond donors (Lipinski definition) is 1. The van der Waals surface area contributed by atoms with Gasteiger partial charge in [0.15, 0.2) is 0 Å². The van der Waals surface area contributed by atoms with Crippen LogP contribution in [-0.2, 0) is 18.7 Å². The Labute approximate surface area is 161 Å². The van der Waals surface area contributed by atoms with Crippen LogP contribution < -0.4 is 4.74 Å². The van der Waals surface area contributed by atoms with Crippen LogP contribution in [0.5, 0.6) is 5.75 Å². The van der Waals surface area contributed by atoms with Crippen LogP contribution in [0.1, 0.15) is 42.5 Å². The van der Waals surface area contributed by atoms with Gasteiger partial charge in [0, 0.05) is 29.9 Å². The van der Waals surface area contributed by atoms with E-state index in [1.165, 1.54) is 11.3 Å². The molecule has 4 rings (SSSR count). The molecule has 144 valence electrons. The van der Waals surface area contributed by atoms with Crippen LogP contribution in [-0.4, -0.2) is 39.0 Å². The summed E-state index contributed by atoms with van der Waals surface area (Å²) in [6.07, 6.45) is 7.75. The maximum atomic E-state index is 11.4. The van der Waals surface area contributed by atoms with Crippen LogP contribution in [0.4, 0.5) is 0 Å². The highest BCUT2D eigenvalue weighted by Crippen LogP contribution is 2.46. The van der Waals surface area contributed by atoms with Gasteiger partial charge in [0.05, 0.1) is 25.5 Å². The minimum atomic E-state index is -0.739. The highest BCUT2D eigenvalue weighted by Gasteiger charge is 2.48. The van der Waals surface area contributed by atoms with Crippen molar-refractivity contribution in [2.24, 2.45) is 0 Å². The molecule has 27 heavy (non-hydrogen) atoms. The van der Waals surface area contributed by atoms with E-state index in [1.54, 1.807) is 7.11 Å². The van der Waals surface area contributed by atoms with E-state index in [4.69, 9.17) is 4.74 Å². The van der Waals surface area contributed by atoms with Crippen molar-refractivity contribution in [3.8, 4) is 5.75 Å². The first-order valence-corrected chi connectivity index (χ1v) is 9.79. The number of rotatable bonds is 6. The Hall–Kier alpha value is -2.11. The Kier molecular flexibility index (Phi) is 4.82. The summed E-state index contributed by atoms with van der Waals surface area (Å²) in [6, 6.07) is 8.74. The summed E-state index contributed by atoms with van der Waals surface area (Å²) in [7, 11) is 1.67. The second kappa shape index (κ2) is 7.13. The maximum Gasteiger partial charge on any atom is 0.118 e. The first-order chi connectivity index (χ1) is 13.0. The van der Waals surface area contributed by atoms with Gasteiger partial charge in [-0.1, -0.05) is 18.2 Å². The molecule has 2 bridgehead atoms. The number of ether oxygens (including phenoxy) is 1. The smallest absolute Gasteiger partial charge is 0.118 e. The maximum absolute atomic E-state index is 11.4. The SMILES string of the molecule is C=CCn1ncc(CN2[C@H]3CC[C@H]2CC(O)(c2ccc(OC)cc2)C3)c1C. The van der Waals surface area contributed by atoms with Crippen molar-refractivity contribution in [3.05, 3.63) is 59.9 Å². The summed E-state index contributed by atoms with van der Waals surface area (Å²) in [5.41, 5.74) is 2.76. The number of allylic oxidation sites excluding steroid dienone is 1. The van der Waals surface area contributed by atoms with Crippen LogP contribution in [0.15, 0.2) is 43.1 Å². The molecule has 0 aliphatic carbocycles. The molecule has 2 atom stereocenters. The van der Waals surface area contributed by atoms with Gasteiger partial charge in [-0.2, -0.15) is 5.10 Å². The minimum Gasteiger partial charge on any atom is -0.497 e. The van der Waals surface area contributed by atoms with Crippen molar-refractivity contribution >= 4 is 0 Å². The standard InChI is InChI=1S/C22H29N3O2/c1-4-11-25-16(2)17(14-23-25)15-24-19-7-8-20(24)13-22(26,12-19)18-5-9-21(27-3)10-6-18/h4-6,9-10,14,19-20,26H,1,7-8,11-13,15H2,2-3H3/t19-,20-/m0/s1. The summed E-state index contributed by atoms with van der Waals surface area (Å²) in [5.74, 6) is 0.828. The molecule has 0 unspecified atom stereocenters. The third-order valence-corrected chi connectivity index (χ3v) is 6.40. The molecule has 1 aromatic heterocycles. The third-order valence-electron chi connectivity index (χ3n) is 6.40. The molecule has 2 aromatic rings. The van der Waals surface area contributed by atoms with Gasteiger partial charge >= 0.3 is 0 Å². The zero-order valence-corrected chi connectivity index (χ0v) is 16.3. The van der Waals surface area contributed by atoms with Gasteiger partial charge in [0.1, 0.15) is 5.75 Å². The minimum absolute atomic E-state index is 0.415. The van der Waals surface area contributed by atoms with Gasteiger partial charge in [0.25, 0.3) is 0 Å². The van der Waals surface area contributed by atoms with Crippen molar-refractivity contribution in [1.29, 1.82) is 0 Å². The van der Waals surface area contributed by atoms with Crippen LogP contribution in [0.25, 0.3) is 0 Å². The number of benzene rings is 1. The lowest BCUT2D eigenvalue weighted by molar-refractivity contribution is -0.0595. The first-order valence-electron chi connectivity index (χ1n) is 9.79. The molecule has 1 aromatic carbocycles.